The standard InChI is InChI=1S/C13H21N3S/c1-8-2-3-9(6-8)7-15-13-11(10-4-5-10)12(14)16-17-13/h8-10,15H,2-7H2,1H3,(H2,14,16). The van der Waals surface area contributed by atoms with E-state index in [4.69, 9.17) is 5.73 Å². The molecule has 4 heteroatoms. The molecular weight excluding hydrogens is 230 g/mol. The van der Waals surface area contributed by atoms with Crippen LogP contribution in [0.25, 0.3) is 0 Å². The number of nitrogens with one attached hydrogen (secondary N) is 1. The first kappa shape index (κ1) is 11.3. The second kappa shape index (κ2) is 4.48. The third kappa shape index (κ3) is 2.41. The van der Waals surface area contributed by atoms with E-state index < -0.39 is 0 Å². The van der Waals surface area contributed by atoms with Crippen molar-refractivity contribution < 1.29 is 0 Å². The minimum Gasteiger partial charge on any atom is -0.383 e. The van der Waals surface area contributed by atoms with Gasteiger partial charge in [0.1, 0.15) is 10.8 Å². The molecular formula is C13H21N3S. The van der Waals surface area contributed by atoms with Crippen molar-refractivity contribution in [3.05, 3.63) is 5.56 Å². The summed E-state index contributed by atoms with van der Waals surface area (Å²) in [5.74, 6) is 3.22. The Morgan fingerprint density at radius 1 is 1.35 bits per heavy atom. The fourth-order valence-electron chi connectivity index (χ4n) is 2.95. The summed E-state index contributed by atoms with van der Waals surface area (Å²) in [5, 5.41) is 4.83. The van der Waals surface area contributed by atoms with Crippen LogP contribution in [0.1, 0.15) is 50.5 Å². The van der Waals surface area contributed by atoms with Crippen molar-refractivity contribution in [1.82, 2.24) is 4.37 Å². The van der Waals surface area contributed by atoms with Gasteiger partial charge in [-0.25, -0.2) is 0 Å². The highest BCUT2D eigenvalue weighted by atomic mass is 32.1. The Labute approximate surface area is 107 Å². The molecule has 2 aliphatic rings. The van der Waals surface area contributed by atoms with Crippen molar-refractivity contribution in [1.29, 1.82) is 0 Å². The zero-order chi connectivity index (χ0) is 11.8. The largest absolute Gasteiger partial charge is 0.383 e. The number of anilines is 2. The SMILES string of the molecule is CC1CCC(CNc2snc(N)c2C2CC2)C1. The van der Waals surface area contributed by atoms with Crippen LogP contribution in [0.5, 0.6) is 0 Å². The molecule has 1 aromatic heterocycles. The zero-order valence-corrected chi connectivity index (χ0v) is 11.2. The van der Waals surface area contributed by atoms with E-state index in [0.29, 0.717) is 5.92 Å². The summed E-state index contributed by atoms with van der Waals surface area (Å²) in [6.45, 7) is 3.46. The van der Waals surface area contributed by atoms with Crippen LogP contribution in [-0.2, 0) is 0 Å². The van der Waals surface area contributed by atoms with E-state index in [1.165, 1.54) is 42.7 Å². The summed E-state index contributed by atoms with van der Waals surface area (Å²) in [6.07, 6.45) is 6.73. The van der Waals surface area contributed by atoms with E-state index in [2.05, 4.69) is 16.6 Å². The molecule has 1 aromatic rings. The molecule has 2 atom stereocenters. The maximum Gasteiger partial charge on any atom is 0.142 e. The number of rotatable bonds is 4. The number of aromatic nitrogens is 1. The molecule has 3 nitrogen and oxygen atoms in total. The van der Waals surface area contributed by atoms with Crippen molar-refractivity contribution in [2.75, 3.05) is 17.6 Å². The number of nitrogens with two attached hydrogens (primary N) is 1. The average Bonchev–Trinajstić information content (AvgIpc) is 2.95. The predicted octanol–water partition coefficient (Wildman–Crippen LogP) is 3.45. The Balaban J connectivity index is 1.61. The Kier molecular flexibility index (Phi) is 2.99. The number of hydrogen-bond donors (Lipinski definition) is 2. The lowest BCUT2D eigenvalue weighted by molar-refractivity contribution is 0.537. The first-order chi connectivity index (χ1) is 8.24. The zero-order valence-electron chi connectivity index (χ0n) is 10.4. The molecule has 3 rings (SSSR count). The molecule has 3 N–H and O–H groups in total. The maximum absolute atomic E-state index is 5.95. The molecule has 17 heavy (non-hydrogen) atoms. The van der Waals surface area contributed by atoms with Crippen molar-refractivity contribution >= 4 is 22.4 Å². The minimum atomic E-state index is 0.693. The van der Waals surface area contributed by atoms with Crippen LogP contribution in [0.4, 0.5) is 10.8 Å². The Bertz CT molecular complexity index is 397. The second-order valence-corrected chi connectivity index (χ2v) is 6.52. The summed E-state index contributed by atoms with van der Waals surface area (Å²) >= 11 is 1.54. The van der Waals surface area contributed by atoms with Crippen LogP contribution < -0.4 is 11.1 Å². The molecule has 0 bridgehead atoms. The van der Waals surface area contributed by atoms with Crippen LogP contribution in [0, 0.1) is 11.8 Å². The maximum atomic E-state index is 5.95. The van der Waals surface area contributed by atoms with Gasteiger partial charge in [0.05, 0.1) is 0 Å². The third-order valence-corrected chi connectivity index (χ3v) is 4.93. The average molecular weight is 251 g/mol. The summed E-state index contributed by atoms with van der Waals surface area (Å²) in [5.41, 5.74) is 7.25. The summed E-state index contributed by atoms with van der Waals surface area (Å²) in [6, 6.07) is 0. The van der Waals surface area contributed by atoms with Gasteiger partial charge < -0.3 is 11.1 Å². The number of nitrogen functional groups attached to an aromatic ring is 1. The normalized spacial score (nSPS) is 28.5. The predicted molar refractivity (Wildman–Crippen MR) is 73.5 cm³/mol. The molecule has 0 saturated heterocycles. The lowest BCUT2D eigenvalue weighted by atomic mass is 10.1. The van der Waals surface area contributed by atoms with Gasteiger partial charge in [-0.3, -0.25) is 0 Å². The van der Waals surface area contributed by atoms with Crippen LogP contribution in [0.3, 0.4) is 0 Å². The molecule has 2 fully saturated rings. The van der Waals surface area contributed by atoms with Gasteiger partial charge in [-0.05, 0) is 55.0 Å². The first-order valence-electron chi connectivity index (χ1n) is 6.73. The molecule has 0 spiro atoms. The monoisotopic (exact) mass is 251 g/mol. The molecule has 2 unspecified atom stereocenters. The van der Waals surface area contributed by atoms with E-state index >= 15 is 0 Å². The van der Waals surface area contributed by atoms with Crippen molar-refractivity contribution in [3.8, 4) is 0 Å². The van der Waals surface area contributed by atoms with Gasteiger partial charge in [-0.2, -0.15) is 4.37 Å². The molecule has 94 valence electrons. The highest BCUT2D eigenvalue weighted by Crippen LogP contribution is 2.47. The Morgan fingerprint density at radius 2 is 2.18 bits per heavy atom. The molecule has 2 aliphatic carbocycles. The van der Waals surface area contributed by atoms with Crippen molar-refractivity contribution in [3.63, 3.8) is 0 Å². The molecule has 2 saturated carbocycles. The van der Waals surface area contributed by atoms with Crippen LogP contribution in [0.2, 0.25) is 0 Å². The van der Waals surface area contributed by atoms with Crippen LogP contribution in [0.15, 0.2) is 0 Å². The Morgan fingerprint density at radius 3 is 2.82 bits per heavy atom. The van der Waals surface area contributed by atoms with E-state index in [1.54, 1.807) is 11.5 Å². The summed E-state index contributed by atoms with van der Waals surface area (Å²) < 4.78 is 4.29. The topological polar surface area (TPSA) is 50.9 Å². The van der Waals surface area contributed by atoms with Crippen LogP contribution in [-0.4, -0.2) is 10.9 Å². The van der Waals surface area contributed by atoms with E-state index in [9.17, 15) is 0 Å². The quantitative estimate of drug-likeness (QED) is 0.861. The summed E-state index contributed by atoms with van der Waals surface area (Å²) in [7, 11) is 0. The van der Waals surface area contributed by atoms with Gasteiger partial charge in [-0.15, -0.1) is 0 Å². The van der Waals surface area contributed by atoms with Gasteiger partial charge in [0.15, 0.2) is 0 Å². The number of nitrogens with zero attached hydrogens (tertiary/aromatic N) is 1. The van der Waals surface area contributed by atoms with Gasteiger partial charge in [0, 0.05) is 12.1 Å². The number of hydrogen-bond acceptors (Lipinski definition) is 4. The van der Waals surface area contributed by atoms with Crippen molar-refractivity contribution in [2.24, 2.45) is 11.8 Å². The first-order valence-corrected chi connectivity index (χ1v) is 7.50. The highest BCUT2D eigenvalue weighted by molar-refractivity contribution is 7.10. The Hall–Kier alpha value is -0.770. The molecule has 0 radical (unpaired) electrons. The lowest BCUT2D eigenvalue weighted by Crippen LogP contribution is -2.11. The van der Waals surface area contributed by atoms with Gasteiger partial charge in [0.25, 0.3) is 0 Å². The summed E-state index contributed by atoms with van der Waals surface area (Å²) in [4.78, 5) is 0. The highest BCUT2D eigenvalue weighted by Gasteiger charge is 2.31. The van der Waals surface area contributed by atoms with Crippen molar-refractivity contribution in [2.45, 2.75) is 44.9 Å². The second-order valence-electron chi connectivity index (χ2n) is 5.75. The van der Waals surface area contributed by atoms with Gasteiger partial charge >= 0.3 is 0 Å². The third-order valence-electron chi connectivity index (χ3n) is 4.10. The molecule has 0 aliphatic heterocycles. The van der Waals surface area contributed by atoms with Gasteiger partial charge in [0.2, 0.25) is 0 Å². The molecule has 0 aromatic carbocycles. The van der Waals surface area contributed by atoms with E-state index in [1.807, 2.05) is 0 Å². The van der Waals surface area contributed by atoms with Crippen LogP contribution >= 0.6 is 11.5 Å². The fourth-order valence-corrected chi connectivity index (χ4v) is 3.76. The van der Waals surface area contributed by atoms with E-state index in [-0.39, 0.29) is 0 Å². The molecule has 1 heterocycles. The minimum absolute atomic E-state index is 0.693. The smallest absolute Gasteiger partial charge is 0.142 e. The lowest BCUT2D eigenvalue weighted by Gasteiger charge is -2.12. The van der Waals surface area contributed by atoms with E-state index in [0.717, 1.165) is 24.2 Å². The fraction of sp³-hybridized carbons (Fsp3) is 0.769. The molecule has 0 amide bonds. The van der Waals surface area contributed by atoms with Gasteiger partial charge in [-0.1, -0.05) is 13.3 Å².